The molecule has 0 bridgehead atoms. The highest BCUT2D eigenvalue weighted by Crippen LogP contribution is 2.57. The molecule has 2 aromatic rings. The number of hydrogen-bond donors (Lipinski definition) is 2. The molecule has 2 aromatic heterocycles. The van der Waals surface area contributed by atoms with Gasteiger partial charge >= 0.3 is 0 Å². The number of thiazole rings is 1. The average molecular weight is 520 g/mol. The van der Waals surface area contributed by atoms with Gasteiger partial charge in [0.1, 0.15) is 0 Å². The Morgan fingerprint density at radius 1 is 1.32 bits per heavy atom. The lowest BCUT2D eigenvalue weighted by Crippen LogP contribution is -2.54. The number of aliphatic hydroxyl groups is 1. The van der Waals surface area contributed by atoms with Gasteiger partial charge in [0.2, 0.25) is 5.91 Å². The summed E-state index contributed by atoms with van der Waals surface area (Å²) in [6.45, 7) is 8.09. The fraction of sp³-hybridized carbons (Fsp3) is 0.640. The number of fused-ring (bicyclic) bond motifs is 2. The molecular formula is C25H33N3O3S3. The molecule has 0 spiro atoms. The van der Waals surface area contributed by atoms with Crippen molar-refractivity contribution in [3.63, 3.8) is 0 Å². The van der Waals surface area contributed by atoms with Crippen LogP contribution in [-0.4, -0.2) is 57.5 Å². The lowest BCUT2D eigenvalue weighted by Gasteiger charge is -2.53. The predicted molar refractivity (Wildman–Crippen MR) is 140 cm³/mol. The summed E-state index contributed by atoms with van der Waals surface area (Å²) in [5, 5.41) is 17.1. The number of aliphatic hydroxyl groups excluding tert-OH is 1. The maximum absolute atomic E-state index is 13.2. The minimum Gasteiger partial charge on any atom is -0.392 e. The SMILES string of the molecule is C[C@H](C(=O)N1CCSCC1)[C@@H]1CC[C@]2(C)Cc3sc(NC(=O)c4cccs4)nc3[C@H](C)[C@@H]2[C@H]1O. The number of thiophene rings is 1. The van der Waals surface area contributed by atoms with Gasteiger partial charge in [-0.15, -0.1) is 22.7 Å². The van der Waals surface area contributed by atoms with Gasteiger partial charge in [0.25, 0.3) is 5.91 Å². The maximum atomic E-state index is 13.2. The Kier molecular flexibility index (Phi) is 6.83. The quantitative estimate of drug-likeness (QED) is 0.611. The minimum absolute atomic E-state index is 0.0270. The fourth-order valence-corrected chi connectivity index (χ4v) is 9.20. The third-order valence-electron chi connectivity index (χ3n) is 8.24. The first-order valence-electron chi connectivity index (χ1n) is 12.2. The number of carbonyl (C=O) groups is 2. The second-order valence-electron chi connectivity index (χ2n) is 10.3. The van der Waals surface area contributed by atoms with Gasteiger partial charge in [-0.25, -0.2) is 4.98 Å². The average Bonchev–Trinajstić information content (AvgIpc) is 3.49. The van der Waals surface area contributed by atoms with Gasteiger partial charge < -0.3 is 10.0 Å². The van der Waals surface area contributed by atoms with Crippen LogP contribution in [0.1, 0.15) is 59.8 Å². The molecule has 5 rings (SSSR count). The first kappa shape index (κ1) is 24.3. The number of thioether (sulfide) groups is 1. The monoisotopic (exact) mass is 519 g/mol. The molecule has 6 nitrogen and oxygen atoms in total. The van der Waals surface area contributed by atoms with Crippen molar-refractivity contribution >= 4 is 51.4 Å². The van der Waals surface area contributed by atoms with E-state index in [9.17, 15) is 14.7 Å². The molecule has 34 heavy (non-hydrogen) atoms. The summed E-state index contributed by atoms with van der Waals surface area (Å²) in [7, 11) is 0. The maximum Gasteiger partial charge on any atom is 0.267 e. The van der Waals surface area contributed by atoms with E-state index in [2.05, 4.69) is 19.2 Å². The van der Waals surface area contributed by atoms with Crippen LogP contribution in [0, 0.1) is 23.2 Å². The van der Waals surface area contributed by atoms with Crippen LogP contribution in [0.2, 0.25) is 0 Å². The molecule has 0 unspecified atom stereocenters. The molecule has 2 aliphatic carbocycles. The van der Waals surface area contributed by atoms with Crippen molar-refractivity contribution < 1.29 is 14.7 Å². The predicted octanol–water partition coefficient (Wildman–Crippen LogP) is 4.72. The van der Waals surface area contributed by atoms with Crippen molar-refractivity contribution in [1.29, 1.82) is 0 Å². The summed E-state index contributed by atoms with van der Waals surface area (Å²) in [5.74, 6) is 2.00. The first-order valence-corrected chi connectivity index (χ1v) is 15.0. The second-order valence-corrected chi connectivity index (χ2v) is 13.6. The number of amides is 2. The van der Waals surface area contributed by atoms with E-state index in [0.717, 1.165) is 49.6 Å². The van der Waals surface area contributed by atoms with Gasteiger partial charge in [-0.05, 0) is 48.0 Å². The molecule has 3 heterocycles. The number of anilines is 1. The van der Waals surface area contributed by atoms with Gasteiger partial charge in [0, 0.05) is 41.3 Å². The van der Waals surface area contributed by atoms with E-state index >= 15 is 0 Å². The van der Waals surface area contributed by atoms with Crippen molar-refractivity contribution in [2.75, 3.05) is 29.9 Å². The molecule has 2 N–H and O–H groups in total. The number of aromatic nitrogens is 1. The van der Waals surface area contributed by atoms with E-state index in [0.29, 0.717) is 10.0 Å². The molecule has 2 amide bonds. The Labute approximate surface area is 213 Å². The molecule has 184 valence electrons. The zero-order valence-electron chi connectivity index (χ0n) is 20.0. The normalized spacial score (nSPS) is 31.9. The molecule has 1 aliphatic heterocycles. The van der Waals surface area contributed by atoms with Crippen LogP contribution in [0.25, 0.3) is 0 Å². The van der Waals surface area contributed by atoms with E-state index in [4.69, 9.17) is 4.98 Å². The molecule has 2 fully saturated rings. The van der Waals surface area contributed by atoms with Crippen LogP contribution >= 0.6 is 34.4 Å². The standard InChI is InChI=1S/C25H33N3O3S3/c1-14(23(31)28-8-11-32-12-9-28)16-6-7-25(3)13-18-20(15(2)19(25)21(16)29)26-24(34-18)27-22(30)17-5-4-10-33-17/h4-5,10,14-16,19,21,29H,6-9,11-13H2,1-3H3,(H,26,27,30)/t14-,15+,16-,19+,21-,25+/m0/s1. The lowest BCUT2D eigenvalue weighted by molar-refractivity contribution is -0.144. The fourth-order valence-electron chi connectivity index (χ4n) is 6.42. The molecule has 6 atom stereocenters. The highest BCUT2D eigenvalue weighted by atomic mass is 32.2. The van der Waals surface area contributed by atoms with Crippen LogP contribution in [-0.2, 0) is 11.2 Å². The summed E-state index contributed by atoms with van der Waals surface area (Å²) in [6.07, 6.45) is 2.18. The summed E-state index contributed by atoms with van der Waals surface area (Å²) >= 11 is 4.89. The summed E-state index contributed by atoms with van der Waals surface area (Å²) < 4.78 is 0. The zero-order valence-corrected chi connectivity index (χ0v) is 22.4. The molecule has 3 aliphatic rings. The Hall–Kier alpha value is -1.42. The number of rotatable bonds is 4. The Morgan fingerprint density at radius 2 is 2.09 bits per heavy atom. The van der Waals surface area contributed by atoms with E-state index < -0.39 is 6.10 Å². The van der Waals surface area contributed by atoms with Gasteiger partial charge in [-0.2, -0.15) is 11.8 Å². The molecular weight excluding hydrogens is 486 g/mol. The number of nitrogens with one attached hydrogen (secondary N) is 1. The van der Waals surface area contributed by atoms with Gasteiger partial charge in [-0.3, -0.25) is 14.9 Å². The van der Waals surface area contributed by atoms with Gasteiger partial charge in [0.15, 0.2) is 5.13 Å². The Balaban J connectivity index is 1.34. The Bertz CT molecular complexity index is 1050. The van der Waals surface area contributed by atoms with Gasteiger partial charge in [0.05, 0.1) is 16.7 Å². The molecule has 1 saturated carbocycles. The number of carbonyl (C=O) groups excluding carboxylic acids is 2. The van der Waals surface area contributed by atoms with Crippen molar-refractivity contribution in [3.05, 3.63) is 33.0 Å². The highest BCUT2D eigenvalue weighted by Gasteiger charge is 2.54. The topological polar surface area (TPSA) is 82.5 Å². The molecule has 9 heteroatoms. The smallest absolute Gasteiger partial charge is 0.267 e. The van der Waals surface area contributed by atoms with Gasteiger partial charge in [-0.1, -0.05) is 26.8 Å². The van der Waals surface area contributed by atoms with Crippen molar-refractivity contribution in [1.82, 2.24) is 9.88 Å². The minimum atomic E-state index is -0.536. The van der Waals surface area contributed by atoms with Crippen LogP contribution < -0.4 is 5.32 Å². The van der Waals surface area contributed by atoms with Crippen LogP contribution in [0.4, 0.5) is 5.13 Å². The van der Waals surface area contributed by atoms with Crippen molar-refractivity contribution in [2.45, 2.75) is 52.1 Å². The van der Waals surface area contributed by atoms with E-state index in [1.807, 2.05) is 41.1 Å². The lowest BCUT2D eigenvalue weighted by atomic mass is 9.53. The summed E-state index contributed by atoms with van der Waals surface area (Å²) in [4.78, 5) is 34.5. The molecule has 0 aromatic carbocycles. The van der Waals surface area contributed by atoms with Crippen LogP contribution in [0.3, 0.4) is 0 Å². The van der Waals surface area contributed by atoms with Crippen molar-refractivity contribution in [3.8, 4) is 0 Å². The van der Waals surface area contributed by atoms with Crippen LogP contribution in [0.5, 0.6) is 0 Å². The highest BCUT2D eigenvalue weighted by molar-refractivity contribution is 7.99. The summed E-state index contributed by atoms with van der Waals surface area (Å²) in [5.41, 5.74) is 0.967. The second kappa shape index (κ2) is 9.56. The third kappa shape index (κ3) is 4.33. The molecule has 1 saturated heterocycles. The van der Waals surface area contributed by atoms with E-state index in [-0.39, 0.29) is 40.9 Å². The van der Waals surface area contributed by atoms with E-state index in [1.54, 1.807) is 11.3 Å². The van der Waals surface area contributed by atoms with E-state index in [1.165, 1.54) is 16.2 Å². The van der Waals surface area contributed by atoms with Crippen LogP contribution in [0.15, 0.2) is 17.5 Å². The molecule has 0 radical (unpaired) electrons. The summed E-state index contributed by atoms with van der Waals surface area (Å²) in [6, 6.07) is 3.68. The first-order chi connectivity index (χ1) is 16.3. The third-order valence-corrected chi connectivity index (χ3v) is 11.0. The Morgan fingerprint density at radius 3 is 2.79 bits per heavy atom. The zero-order chi connectivity index (χ0) is 24.0. The van der Waals surface area contributed by atoms with Crippen molar-refractivity contribution in [2.24, 2.45) is 23.2 Å². The number of hydrogen-bond acceptors (Lipinski definition) is 7. The number of nitrogens with zero attached hydrogens (tertiary/aromatic N) is 2. The largest absolute Gasteiger partial charge is 0.392 e.